The third-order valence-corrected chi connectivity index (χ3v) is 3.99. The Kier molecular flexibility index (Phi) is 6.84. The fourth-order valence-corrected chi connectivity index (χ4v) is 2.00. The summed E-state index contributed by atoms with van der Waals surface area (Å²) in [6.45, 7) is 4.83. The molecule has 0 aromatic rings. The van der Waals surface area contributed by atoms with E-state index < -0.39 is 11.5 Å². The van der Waals surface area contributed by atoms with Gasteiger partial charge in [0.15, 0.2) is 11.3 Å². The summed E-state index contributed by atoms with van der Waals surface area (Å²) in [4.78, 5) is 23.3. The number of nitrogens with two attached hydrogens (primary N) is 2. The summed E-state index contributed by atoms with van der Waals surface area (Å²) in [5.41, 5.74) is 10.3. The lowest BCUT2D eigenvalue weighted by atomic mass is 9.91. The number of esters is 1. The van der Waals surface area contributed by atoms with E-state index in [0.717, 1.165) is 6.42 Å². The van der Waals surface area contributed by atoms with E-state index in [4.69, 9.17) is 20.9 Å². The molecule has 0 bridgehead atoms. The van der Waals surface area contributed by atoms with Gasteiger partial charge in [0.25, 0.3) is 0 Å². The molecule has 0 saturated carbocycles. The molecule has 1 rings (SSSR count). The molecule has 3 atom stereocenters. The number of hydrogen-bond donors (Lipinski definition) is 2. The Bertz CT molecular complexity index is 397. The standard InChI is InChI=1S/C15H26N2O4/c1-3-11(2)12(16)10-20-8-5-4-6-13(18)15(17)7-9-21-14(15)19/h5,8,11-12H,3-4,6-7,9-10,16-17H2,1-2H3/t11-,12?,15-/m0/s1. The quantitative estimate of drug-likeness (QED) is 0.372. The highest BCUT2D eigenvalue weighted by molar-refractivity contribution is 6.09. The van der Waals surface area contributed by atoms with Gasteiger partial charge in [0.1, 0.15) is 6.61 Å². The predicted molar refractivity (Wildman–Crippen MR) is 79.3 cm³/mol. The molecule has 1 aliphatic heterocycles. The van der Waals surface area contributed by atoms with Gasteiger partial charge < -0.3 is 20.9 Å². The Morgan fingerprint density at radius 2 is 2.29 bits per heavy atom. The van der Waals surface area contributed by atoms with Crippen LogP contribution in [0.2, 0.25) is 0 Å². The maximum absolute atomic E-state index is 11.9. The van der Waals surface area contributed by atoms with Gasteiger partial charge in [0, 0.05) is 18.9 Å². The fourth-order valence-electron chi connectivity index (χ4n) is 2.00. The summed E-state index contributed by atoms with van der Waals surface area (Å²) in [6, 6.07) is 0.00171. The lowest BCUT2D eigenvalue weighted by Crippen LogP contribution is -2.51. The van der Waals surface area contributed by atoms with Crippen molar-refractivity contribution < 1.29 is 19.1 Å². The van der Waals surface area contributed by atoms with Gasteiger partial charge in [-0.15, -0.1) is 0 Å². The molecule has 6 heteroatoms. The average molecular weight is 298 g/mol. The van der Waals surface area contributed by atoms with Gasteiger partial charge in [-0.2, -0.15) is 0 Å². The highest BCUT2D eigenvalue weighted by Crippen LogP contribution is 2.20. The number of rotatable bonds is 9. The summed E-state index contributed by atoms with van der Waals surface area (Å²) in [7, 11) is 0. The SMILES string of the molecule is CC[C@H](C)C(N)COC=CCCC(=O)[C@@]1(N)CCOC1=O. The van der Waals surface area contributed by atoms with Crippen LogP contribution >= 0.6 is 0 Å². The van der Waals surface area contributed by atoms with E-state index in [1.165, 1.54) is 0 Å². The Labute approximate surface area is 125 Å². The second-order valence-corrected chi connectivity index (χ2v) is 5.57. The van der Waals surface area contributed by atoms with Crippen molar-refractivity contribution >= 4 is 11.8 Å². The first-order chi connectivity index (χ1) is 9.91. The van der Waals surface area contributed by atoms with Gasteiger partial charge in [-0.1, -0.05) is 20.3 Å². The molecule has 0 aromatic carbocycles. The molecule has 1 aliphatic rings. The van der Waals surface area contributed by atoms with Gasteiger partial charge >= 0.3 is 5.97 Å². The summed E-state index contributed by atoms with van der Waals surface area (Å²) >= 11 is 0. The van der Waals surface area contributed by atoms with E-state index in [9.17, 15) is 9.59 Å². The summed E-state index contributed by atoms with van der Waals surface area (Å²) in [5, 5.41) is 0. The van der Waals surface area contributed by atoms with Gasteiger partial charge in [-0.25, -0.2) is 4.79 Å². The van der Waals surface area contributed by atoms with E-state index >= 15 is 0 Å². The first-order valence-corrected chi connectivity index (χ1v) is 7.43. The first kappa shape index (κ1) is 17.7. The zero-order valence-electron chi connectivity index (χ0n) is 12.8. The number of hydrogen-bond acceptors (Lipinski definition) is 6. The minimum absolute atomic E-state index is 0.00171. The summed E-state index contributed by atoms with van der Waals surface area (Å²) in [6.07, 6.45) is 5.23. The molecule has 0 amide bonds. The lowest BCUT2D eigenvalue weighted by Gasteiger charge is -2.17. The smallest absolute Gasteiger partial charge is 0.334 e. The molecule has 0 aliphatic carbocycles. The fraction of sp³-hybridized carbons (Fsp3) is 0.733. The molecule has 1 unspecified atom stereocenters. The molecule has 0 radical (unpaired) electrons. The van der Waals surface area contributed by atoms with Gasteiger partial charge in [-0.05, 0) is 18.4 Å². The molecule has 21 heavy (non-hydrogen) atoms. The molecule has 0 spiro atoms. The van der Waals surface area contributed by atoms with Crippen molar-refractivity contribution in [3.8, 4) is 0 Å². The van der Waals surface area contributed by atoms with Crippen LogP contribution in [0, 0.1) is 5.92 Å². The van der Waals surface area contributed by atoms with E-state index in [2.05, 4.69) is 13.8 Å². The molecular formula is C15H26N2O4. The molecule has 1 saturated heterocycles. The normalized spacial score (nSPS) is 24.9. The van der Waals surface area contributed by atoms with Crippen LogP contribution in [0.1, 0.15) is 39.5 Å². The van der Waals surface area contributed by atoms with Gasteiger partial charge in [-0.3, -0.25) is 4.79 Å². The lowest BCUT2D eigenvalue weighted by molar-refractivity contribution is -0.146. The monoisotopic (exact) mass is 298 g/mol. The summed E-state index contributed by atoms with van der Waals surface area (Å²) < 4.78 is 10.1. The highest BCUT2D eigenvalue weighted by Gasteiger charge is 2.46. The van der Waals surface area contributed by atoms with Crippen molar-refractivity contribution in [2.45, 2.75) is 51.1 Å². The number of ether oxygens (including phenoxy) is 2. The number of carbonyl (C=O) groups excluding carboxylic acids is 2. The molecule has 0 aromatic heterocycles. The molecule has 4 N–H and O–H groups in total. The Morgan fingerprint density at radius 1 is 1.57 bits per heavy atom. The van der Waals surface area contributed by atoms with Crippen LogP contribution in [0.4, 0.5) is 0 Å². The second kappa shape index (κ2) is 8.14. The Hall–Kier alpha value is -1.40. The Morgan fingerprint density at radius 3 is 2.86 bits per heavy atom. The molecular weight excluding hydrogens is 272 g/mol. The van der Waals surface area contributed by atoms with E-state index in [1.807, 2.05) is 0 Å². The van der Waals surface area contributed by atoms with Crippen molar-refractivity contribution in [3.05, 3.63) is 12.3 Å². The number of cyclic esters (lactones) is 1. The third kappa shape index (κ3) is 4.82. The Balaban J connectivity index is 2.23. The van der Waals surface area contributed by atoms with Crippen molar-refractivity contribution in [1.29, 1.82) is 0 Å². The molecule has 1 fully saturated rings. The maximum Gasteiger partial charge on any atom is 0.334 e. The van der Waals surface area contributed by atoms with Gasteiger partial charge in [0.2, 0.25) is 0 Å². The van der Waals surface area contributed by atoms with E-state index in [-0.39, 0.29) is 31.3 Å². The zero-order chi connectivity index (χ0) is 15.9. The number of allylic oxidation sites excluding steroid dienone is 1. The second-order valence-electron chi connectivity index (χ2n) is 5.57. The van der Waals surface area contributed by atoms with Crippen LogP contribution in [0.15, 0.2) is 12.3 Å². The largest absolute Gasteiger partial charge is 0.500 e. The first-order valence-electron chi connectivity index (χ1n) is 7.43. The third-order valence-electron chi connectivity index (χ3n) is 3.99. The van der Waals surface area contributed by atoms with Crippen LogP contribution in [0.25, 0.3) is 0 Å². The maximum atomic E-state index is 11.9. The van der Waals surface area contributed by atoms with Crippen molar-refractivity contribution in [2.24, 2.45) is 17.4 Å². The van der Waals surface area contributed by atoms with Crippen molar-refractivity contribution in [1.82, 2.24) is 0 Å². The topological polar surface area (TPSA) is 105 Å². The number of ketones is 1. The van der Waals surface area contributed by atoms with Crippen molar-refractivity contribution in [2.75, 3.05) is 13.2 Å². The minimum atomic E-state index is -1.45. The van der Waals surface area contributed by atoms with Crippen LogP contribution in [0.3, 0.4) is 0 Å². The van der Waals surface area contributed by atoms with Crippen LogP contribution in [-0.4, -0.2) is 36.5 Å². The zero-order valence-corrected chi connectivity index (χ0v) is 12.8. The van der Waals surface area contributed by atoms with Gasteiger partial charge in [0.05, 0.1) is 12.9 Å². The number of carbonyl (C=O) groups is 2. The van der Waals surface area contributed by atoms with Crippen LogP contribution in [0.5, 0.6) is 0 Å². The van der Waals surface area contributed by atoms with E-state index in [1.54, 1.807) is 12.3 Å². The summed E-state index contributed by atoms with van der Waals surface area (Å²) in [5.74, 6) is -0.497. The minimum Gasteiger partial charge on any atom is -0.500 e. The number of Topliss-reactive ketones (excluding diaryl/α,β-unsaturated/α-hetero) is 1. The average Bonchev–Trinajstić information content (AvgIpc) is 2.82. The molecule has 1 heterocycles. The van der Waals surface area contributed by atoms with E-state index in [0.29, 0.717) is 18.9 Å². The highest BCUT2D eigenvalue weighted by atomic mass is 16.5. The van der Waals surface area contributed by atoms with Crippen molar-refractivity contribution in [3.63, 3.8) is 0 Å². The van der Waals surface area contributed by atoms with Crippen LogP contribution < -0.4 is 11.5 Å². The van der Waals surface area contributed by atoms with Crippen LogP contribution in [-0.2, 0) is 19.1 Å². The predicted octanol–water partition coefficient (Wildman–Crippen LogP) is 0.884. The molecule has 120 valence electrons. The molecule has 6 nitrogen and oxygen atoms in total.